The van der Waals surface area contributed by atoms with Crippen molar-refractivity contribution < 1.29 is 18.8 Å². The maximum Gasteiger partial charge on any atom is 0.265 e. The predicted molar refractivity (Wildman–Crippen MR) is 118 cm³/mol. The lowest BCUT2D eigenvalue weighted by atomic mass is 10.1. The zero-order valence-corrected chi connectivity index (χ0v) is 17.5. The molecular formula is C25H21N3O4. The van der Waals surface area contributed by atoms with E-state index in [0.29, 0.717) is 29.8 Å². The van der Waals surface area contributed by atoms with E-state index in [-0.39, 0.29) is 19.1 Å². The molecule has 32 heavy (non-hydrogen) atoms. The molecule has 7 nitrogen and oxygen atoms in total. The lowest BCUT2D eigenvalue weighted by Crippen LogP contribution is -2.38. The normalized spacial score (nSPS) is 12.9. The monoisotopic (exact) mass is 427 g/mol. The van der Waals surface area contributed by atoms with Crippen molar-refractivity contribution in [2.45, 2.75) is 20.1 Å². The summed E-state index contributed by atoms with van der Waals surface area (Å²) < 4.78 is 16.8. The summed E-state index contributed by atoms with van der Waals surface area (Å²) in [6, 6.07) is 23.2. The molecule has 4 aromatic rings. The smallest absolute Gasteiger partial charge is 0.265 e. The van der Waals surface area contributed by atoms with E-state index < -0.39 is 0 Å². The second-order valence-electron chi connectivity index (χ2n) is 7.55. The Morgan fingerprint density at radius 2 is 1.84 bits per heavy atom. The SMILES string of the molecule is Cc1ccc2c(c1)N(Cc1nc(-c3ccc(OCc4ccccc4)cc3)no1)C(=O)CO2. The Morgan fingerprint density at radius 1 is 1.03 bits per heavy atom. The molecule has 0 atom stereocenters. The van der Waals surface area contributed by atoms with Crippen LogP contribution >= 0.6 is 0 Å². The molecule has 0 saturated carbocycles. The fourth-order valence-corrected chi connectivity index (χ4v) is 3.50. The number of ether oxygens (including phenoxy) is 2. The Balaban J connectivity index is 1.28. The number of fused-ring (bicyclic) bond motifs is 1. The molecule has 0 saturated heterocycles. The Labute approximate surface area is 185 Å². The summed E-state index contributed by atoms with van der Waals surface area (Å²) >= 11 is 0. The number of amides is 1. The van der Waals surface area contributed by atoms with Gasteiger partial charge in [-0.2, -0.15) is 4.98 Å². The van der Waals surface area contributed by atoms with E-state index in [0.717, 1.165) is 22.4 Å². The molecule has 1 amide bonds. The van der Waals surface area contributed by atoms with E-state index in [2.05, 4.69) is 10.1 Å². The van der Waals surface area contributed by atoms with Crippen LogP contribution in [0.5, 0.6) is 11.5 Å². The lowest BCUT2D eigenvalue weighted by molar-refractivity contribution is -0.121. The Bertz CT molecular complexity index is 1240. The number of aromatic nitrogens is 2. The van der Waals surface area contributed by atoms with Crippen molar-refractivity contribution >= 4 is 11.6 Å². The summed E-state index contributed by atoms with van der Waals surface area (Å²) in [6.45, 7) is 2.64. The molecule has 1 aliphatic rings. The van der Waals surface area contributed by atoms with E-state index in [1.807, 2.05) is 79.7 Å². The van der Waals surface area contributed by atoms with Gasteiger partial charge in [-0.15, -0.1) is 0 Å². The largest absolute Gasteiger partial charge is 0.489 e. The Morgan fingerprint density at radius 3 is 2.66 bits per heavy atom. The molecule has 160 valence electrons. The third-order valence-electron chi connectivity index (χ3n) is 5.18. The highest BCUT2D eigenvalue weighted by molar-refractivity contribution is 5.97. The van der Waals surface area contributed by atoms with Gasteiger partial charge in [0.05, 0.1) is 5.69 Å². The van der Waals surface area contributed by atoms with Gasteiger partial charge < -0.3 is 14.0 Å². The highest BCUT2D eigenvalue weighted by Gasteiger charge is 2.27. The number of benzene rings is 3. The van der Waals surface area contributed by atoms with Crippen LogP contribution < -0.4 is 14.4 Å². The summed E-state index contributed by atoms with van der Waals surface area (Å²) in [6.07, 6.45) is 0. The van der Waals surface area contributed by atoms with Gasteiger partial charge in [0.1, 0.15) is 24.7 Å². The van der Waals surface area contributed by atoms with Crippen molar-refractivity contribution in [3.05, 3.63) is 89.8 Å². The maximum atomic E-state index is 12.4. The first kappa shape index (κ1) is 19.8. The van der Waals surface area contributed by atoms with Crippen LogP contribution in [0.15, 0.2) is 77.3 Å². The number of carbonyl (C=O) groups excluding carboxylic acids is 1. The van der Waals surface area contributed by atoms with Gasteiger partial charge in [-0.25, -0.2) is 0 Å². The zero-order chi connectivity index (χ0) is 21.9. The summed E-state index contributed by atoms with van der Waals surface area (Å²) in [4.78, 5) is 18.5. The first-order valence-corrected chi connectivity index (χ1v) is 10.3. The fraction of sp³-hybridized carbons (Fsp3) is 0.160. The van der Waals surface area contributed by atoms with Crippen molar-refractivity contribution in [1.82, 2.24) is 10.1 Å². The Hall–Kier alpha value is -4.13. The molecule has 0 spiro atoms. The molecule has 0 N–H and O–H groups in total. The third kappa shape index (κ3) is 4.18. The maximum absolute atomic E-state index is 12.4. The van der Waals surface area contributed by atoms with Gasteiger partial charge in [-0.05, 0) is 54.4 Å². The number of hydrogen-bond donors (Lipinski definition) is 0. The van der Waals surface area contributed by atoms with Crippen LogP contribution in [0.2, 0.25) is 0 Å². The molecule has 0 aliphatic carbocycles. The summed E-state index contributed by atoms with van der Waals surface area (Å²) in [5.41, 5.74) is 3.65. The second kappa shape index (κ2) is 8.55. The molecule has 0 bridgehead atoms. The molecule has 0 fully saturated rings. The number of aryl methyl sites for hydroxylation is 1. The summed E-state index contributed by atoms with van der Waals surface area (Å²) in [7, 11) is 0. The van der Waals surface area contributed by atoms with Gasteiger partial charge in [-0.1, -0.05) is 41.6 Å². The molecule has 1 aliphatic heterocycles. The van der Waals surface area contributed by atoms with Gasteiger partial charge in [-0.3, -0.25) is 9.69 Å². The van der Waals surface area contributed by atoms with Crippen LogP contribution in [0, 0.1) is 6.92 Å². The predicted octanol–water partition coefficient (Wildman–Crippen LogP) is 4.55. The van der Waals surface area contributed by atoms with Gasteiger partial charge in [0.25, 0.3) is 5.91 Å². The molecule has 0 unspecified atom stereocenters. The highest BCUT2D eigenvalue weighted by atomic mass is 16.5. The quantitative estimate of drug-likeness (QED) is 0.449. The molecule has 7 heteroatoms. The van der Waals surface area contributed by atoms with E-state index >= 15 is 0 Å². The molecule has 0 radical (unpaired) electrons. The molecule has 1 aromatic heterocycles. The van der Waals surface area contributed by atoms with Crippen molar-refractivity contribution in [2.75, 3.05) is 11.5 Å². The molecule has 5 rings (SSSR count). The second-order valence-corrected chi connectivity index (χ2v) is 7.55. The van der Waals surface area contributed by atoms with E-state index in [9.17, 15) is 4.79 Å². The average molecular weight is 427 g/mol. The van der Waals surface area contributed by atoms with Crippen molar-refractivity contribution in [2.24, 2.45) is 0 Å². The fourth-order valence-electron chi connectivity index (χ4n) is 3.50. The van der Waals surface area contributed by atoms with Crippen molar-refractivity contribution in [3.63, 3.8) is 0 Å². The summed E-state index contributed by atoms with van der Waals surface area (Å²) in [5.74, 6) is 2.09. The molecular weight excluding hydrogens is 406 g/mol. The van der Waals surface area contributed by atoms with Gasteiger partial charge in [0.15, 0.2) is 6.61 Å². The minimum absolute atomic E-state index is 0.0124. The standard InChI is InChI=1S/C25H21N3O4/c1-17-7-12-22-21(13-17)28(24(29)16-31-22)14-23-26-25(27-32-23)19-8-10-20(11-9-19)30-15-18-5-3-2-4-6-18/h2-13H,14-16H2,1H3. The summed E-state index contributed by atoms with van der Waals surface area (Å²) in [5, 5.41) is 4.08. The zero-order valence-electron chi connectivity index (χ0n) is 17.5. The first-order chi connectivity index (χ1) is 15.7. The topological polar surface area (TPSA) is 77.7 Å². The van der Waals surface area contributed by atoms with E-state index in [1.165, 1.54) is 0 Å². The number of anilines is 1. The van der Waals surface area contributed by atoms with Gasteiger partial charge in [0.2, 0.25) is 11.7 Å². The minimum atomic E-state index is -0.150. The first-order valence-electron chi connectivity index (χ1n) is 10.3. The number of hydrogen-bond acceptors (Lipinski definition) is 6. The minimum Gasteiger partial charge on any atom is -0.489 e. The van der Waals surface area contributed by atoms with Crippen LogP contribution in [0.25, 0.3) is 11.4 Å². The van der Waals surface area contributed by atoms with Crippen LogP contribution in [0.3, 0.4) is 0 Å². The van der Waals surface area contributed by atoms with Crippen LogP contribution in [-0.2, 0) is 17.9 Å². The van der Waals surface area contributed by atoms with E-state index in [4.69, 9.17) is 14.0 Å². The molecule has 2 heterocycles. The van der Waals surface area contributed by atoms with Gasteiger partial charge >= 0.3 is 0 Å². The Kier molecular flexibility index (Phi) is 5.29. The van der Waals surface area contributed by atoms with Gasteiger partial charge in [0, 0.05) is 5.56 Å². The highest BCUT2D eigenvalue weighted by Crippen LogP contribution is 2.34. The molecule has 3 aromatic carbocycles. The van der Waals surface area contributed by atoms with Crippen LogP contribution in [0.1, 0.15) is 17.0 Å². The van der Waals surface area contributed by atoms with Crippen molar-refractivity contribution in [3.8, 4) is 22.9 Å². The van der Waals surface area contributed by atoms with Crippen molar-refractivity contribution in [1.29, 1.82) is 0 Å². The van der Waals surface area contributed by atoms with E-state index in [1.54, 1.807) is 4.90 Å². The number of nitrogens with zero attached hydrogens (tertiary/aromatic N) is 3. The average Bonchev–Trinajstić information content (AvgIpc) is 3.29. The lowest BCUT2D eigenvalue weighted by Gasteiger charge is -2.28. The van der Waals surface area contributed by atoms with Crippen LogP contribution in [-0.4, -0.2) is 22.7 Å². The van der Waals surface area contributed by atoms with Crippen LogP contribution in [0.4, 0.5) is 5.69 Å². The number of rotatable bonds is 6. The number of carbonyl (C=O) groups is 1. The third-order valence-corrected chi connectivity index (χ3v) is 5.18.